The van der Waals surface area contributed by atoms with Crippen molar-refractivity contribution >= 4 is 0 Å². The van der Waals surface area contributed by atoms with E-state index in [1.54, 1.807) is 0 Å². The molecule has 2 aliphatic heterocycles. The van der Waals surface area contributed by atoms with Gasteiger partial charge in [0.05, 0.1) is 19.3 Å². The molecule has 0 saturated carbocycles. The average Bonchev–Trinajstić information content (AvgIpc) is 2.96. The maximum atomic E-state index is 10.1. The molecule has 2 aliphatic rings. The van der Waals surface area contributed by atoms with Gasteiger partial charge in [0.15, 0.2) is 0 Å². The van der Waals surface area contributed by atoms with Gasteiger partial charge in [-0.3, -0.25) is 9.80 Å². The average molecular weight is 290 g/mol. The fraction of sp³-hybridized carbons (Fsp3) is 0.647. The van der Waals surface area contributed by atoms with Gasteiger partial charge in [-0.2, -0.15) is 0 Å². The van der Waals surface area contributed by atoms with E-state index < -0.39 is 0 Å². The highest BCUT2D eigenvalue weighted by Gasteiger charge is 2.30. The van der Waals surface area contributed by atoms with Crippen LogP contribution in [-0.2, 0) is 11.3 Å². The van der Waals surface area contributed by atoms with Crippen LogP contribution >= 0.6 is 0 Å². The van der Waals surface area contributed by atoms with Gasteiger partial charge in [0.1, 0.15) is 0 Å². The van der Waals surface area contributed by atoms with Crippen molar-refractivity contribution in [2.24, 2.45) is 0 Å². The van der Waals surface area contributed by atoms with Crippen LogP contribution in [-0.4, -0.2) is 66.4 Å². The lowest BCUT2D eigenvalue weighted by molar-refractivity contribution is -0.00313. The summed E-state index contributed by atoms with van der Waals surface area (Å²) >= 11 is 0. The summed E-state index contributed by atoms with van der Waals surface area (Å²) in [6, 6.07) is 10.8. The van der Waals surface area contributed by atoms with Crippen molar-refractivity contribution in [1.29, 1.82) is 0 Å². The molecule has 1 N–H and O–H groups in total. The molecular formula is C17H26N2O2. The minimum atomic E-state index is -0.387. The summed E-state index contributed by atoms with van der Waals surface area (Å²) in [5.41, 5.74) is 1.16. The van der Waals surface area contributed by atoms with Gasteiger partial charge in [-0.1, -0.05) is 30.3 Å². The lowest BCUT2D eigenvalue weighted by atomic mass is 10.1. The number of ether oxygens (including phenoxy) is 1. The Bertz CT molecular complexity index is 426. The first-order chi connectivity index (χ1) is 10.3. The molecule has 1 aromatic rings. The number of rotatable bonds is 6. The monoisotopic (exact) mass is 290 g/mol. The van der Waals surface area contributed by atoms with Crippen LogP contribution in [0, 0.1) is 0 Å². The molecule has 0 bridgehead atoms. The first kappa shape index (κ1) is 15.0. The summed E-state index contributed by atoms with van der Waals surface area (Å²) < 4.78 is 5.62. The van der Waals surface area contributed by atoms with E-state index >= 15 is 0 Å². The number of hydrogen-bond acceptors (Lipinski definition) is 4. The third kappa shape index (κ3) is 4.27. The third-order valence-electron chi connectivity index (χ3n) is 4.56. The Morgan fingerprint density at radius 3 is 2.90 bits per heavy atom. The molecule has 0 amide bonds. The minimum absolute atomic E-state index is 0.387. The second kappa shape index (κ2) is 7.36. The fourth-order valence-corrected chi connectivity index (χ4v) is 3.46. The van der Waals surface area contributed by atoms with Crippen molar-refractivity contribution in [3.8, 4) is 0 Å². The van der Waals surface area contributed by atoms with E-state index in [1.165, 1.54) is 19.4 Å². The second-order valence-corrected chi connectivity index (χ2v) is 6.25. The molecule has 2 fully saturated rings. The molecular weight excluding hydrogens is 264 g/mol. The van der Waals surface area contributed by atoms with E-state index in [-0.39, 0.29) is 6.10 Å². The maximum absolute atomic E-state index is 10.1. The van der Waals surface area contributed by atoms with Crippen molar-refractivity contribution < 1.29 is 9.84 Å². The van der Waals surface area contributed by atoms with Crippen molar-refractivity contribution in [2.45, 2.75) is 31.6 Å². The van der Waals surface area contributed by atoms with Crippen LogP contribution in [0.4, 0.5) is 0 Å². The molecule has 116 valence electrons. The Morgan fingerprint density at radius 2 is 2.05 bits per heavy atom. The second-order valence-electron chi connectivity index (χ2n) is 6.25. The summed E-state index contributed by atoms with van der Waals surface area (Å²) in [5, 5.41) is 10.1. The van der Waals surface area contributed by atoms with Gasteiger partial charge in [-0.05, 0) is 24.9 Å². The van der Waals surface area contributed by atoms with E-state index in [0.717, 1.165) is 37.8 Å². The lowest BCUT2D eigenvalue weighted by Crippen LogP contribution is -2.52. The van der Waals surface area contributed by atoms with Gasteiger partial charge in [0, 0.05) is 32.2 Å². The molecule has 1 aromatic carbocycles. The fourth-order valence-electron chi connectivity index (χ4n) is 3.46. The SMILES string of the molecule is OC(COCc1ccccc1)CN1CCN2CCCC2C1. The summed E-state index contributed by atoms with van der Waals surface area (Å²) in [4.78, 5) is 4.98. The molecule has 2 heterocycles. The number of aliphatic hydroxyl groups excluding tert-OH is 1. The highest BCUT2D eigenvalue weighted by atomic mass is 16.5. The molecule has 2 saturated heterocycles. The lowest BCUT2D eigenvalue weighted by Gasteiger charge is -2.38. The van der Waals surface area contributed by atoms with Crippen molar-refractivity contribution in [3.63, 3.8) is 0 Å². The predicted octanol–water partition coefficient (Wildman–Crippen LogP) is 1.34. The van der Waals surface area contributed by atoms with E-state index in [9.17, 15) is 5.11 Å². The third-order valence-corrected chi connectivity index (χ3v) is 4.56. The van der Waals surface area contributed by atoms with Gasteiger partial charge in [-0.25, -0.2) is 0 Å². The molecule has 21 heavy (non-hydrogen) atoms. The smallest absolute Gasteiger partial charge is 0.0900 e. The molecule has 3 rings (SSSR count). The number of piperazine rings is 1. The largest absolute Gasteiger partial charge is 0.389 e. The van der Waals surface area contributed by atoms with Gasteiger partial charge in [0.25, 0.3) is 0 Å². The summed E-state index contributed by atoms with van der Waals surface area (Å²) in [6.07, 6.45) is 2.26. The van der Waals surface area contributed by atoms with E-state index in [0.29, 0.717) is 13.2 Å². The molecule has 0 aliphatic carbocycles. The zero-order valence-electron chi connectivity index (χ0n) is 12.7. The summed E-state index contributed by atoms with van der Waals surface area (Å²) in [5.74, 6) is 0. The van der Waals surface area contributed by atoms with Crippen LogP contribution < -0.4 is 0 Å². The van der Waals surface area contributed by atoms with Gasteiger partial charge in [-0.15, -0.1) is 0 Å². The summed E-state index contributed by atoms with van der Waals surface area (Å²) in [7, 11) is 0. The number of nitrogens with zero attached hydrogens (tertiary/aromatic N) is 2. The summed E-state index contributed by atoms with van der Waals surface area (Å²) in [6.45, 7) is 6.33. The Morgan fingerprint density at radius 1 is 1.19 bits per heavy atom. The van der Waals surface area contributed by atoms with Crippen LogP contribution in [0.15, 0.2) is 30.3 Å². The number of fused-ring (bicyclic) bond motifs is 1. The van der Waals surface area contributed by atoms with Gasteiger partial charge in [0.2, 0.25) is 0 Å². The topological polar surface area (TPSA) is 35.9 Å². The van der Waals surface area contributed by atoms with Gasteiger partial charge >= 0.3 is 0 Å². The van der Waals surface area contributed by atoms with Crippen LogP contribution in [0.5, 0.6) is 0 Å². The van der Waals surface area contributed by atoms with Crippen molar-refractivity contribution in [2.75, 3.05) is 39.3 Å². The first-order valence-corrected chi connectivity index (χ1v) is 8.07. The van der Waals surface area contributed by atoms with E-state index in [1.807, 2.05) is 30.3 Å². The number of hydrogen-bond donors (Lipinski definition) is 1. The van der Waals surface area contributed by atoms with Crippen molar-refractivity contribution in [1.82, 2.24) is 9.80 Å². The number of β-amino-alcohol motifs (C(OH)–C–C–N with tert-alkyl or cyclic N) is 1. The molecule has 4 nitrogen and oxygen atoms in total. The quantitative estimate of drug-likeness (QED) is 0.858. The zero-order chi connectivity index (χ0) is 14.5. The molecule has 2 unspecified atom stereocenters. The number of benzene rings is 1. The van der Waals surface area contributed by atoms with Crippen LogP contribution in [0.25, 0.3) is 0 Å². The minimum Gasteiger partial charge on any atom is -0.389 e. The normalized spacial score (nSPS) is 24.9. The predicted molar refractivity (Wildman–Crippen MR) is 83.1 cm³/mol. The molecule has 2 atom stereocenters. The van der Waals surface area contributed by atoms with Crippen LogP contribution in [0.2, 0.25) is 0 Å². The highest BCUT2D eigenvalue weighted by Crippen LogP contribution is 2.21. The Hall–Kier alpha value is -0.940. The highest BCUT2D eigenvalue weighted by molar-refractivity contribution is 5.13. The van der Waals surface area contributed by atoms with Crippen molar-refractivity contribution in [3.05, 3.63) is 35.9 Å². The zero-order valence-corrected chi connectivity index (χ0v) is 12.7. The van der Waals surface area contributed by atoms with E-state index in [2.05, 4.69) is 9.80 Å². The standard InChI is InChI=1S/C17H26N2O2/c20-17(14-21-13-15-5-2-1-3-6-15)12-18-9-10-19-8-4-7-16(19)11-18/h1-3,5-6,16-17,20H,4,7-14H2. The molecule has 0 aromatic heterocycles. The molecule has 4 heteroatoms. The van der Waals surface area contributed by atoms with E-state index in [4.69, 9.17) is 4.74 Å². The van der Waals surface area contributed by atoms with Crippen LogP contribution in [0.3, 0.4) is 0 Å². The van der Waals surface area contributed by atoms with Gasteiger partial charge < -0.3 is 9.84 Å². The Labute approximate surface area is 127 Å². The molecule has 0 radical (unpaired) electrons. The first-order valence-electron chi connectivity index (χ1n) is 8.07. The number of aliphatic hydroxyl groups is 1. The Kier molecular flexibility index (Phi) is 5.25. The molecule has 0 spiro atoms. The maximum Gasteiger partial charge on any atom is 0.0900 e. The van der Waals surface area contributed by atoms with Crippen LogP contribution in [0.1, 0.15) is 18.4 Å². The Balaban J connectivity index is 1.35.